The average molecular weight is 467 g/mol. The summed E-state index contributed by atoms with van der Waals surface area (Å²) in [6, 6.07) is 10.5. The number of para-hydroxylation sites is 1. The van der Waals surface area contributed by atoms with Gasteiger partial charge in [-0.15, -0.1) is 24.0 Å². The Morgan fingerprint density at radius 1 is 1.31 bits per heavy atom. The summed E-state index contributed by atoms with van der Waals surface area (Å²) in [7, 11) is 0. The highest BCUT2D eigenvalue weighted by Crippen LogP contribution is 2.34. The lowest BCUT2D eigenvalue weighted by molar-refractivity contribution is 0.0992. The van der Waals surface area contributed by atoms with E-state index in [1.807, 2.05) is 47.4 Å². The van der Waals surface area contributed by atoms with Gasteiger partial charge in [-0.3, -0.25) is 0 Å². The molecule has 0 aliphatic carbocycles. The molecule has 1 aromatic carbocycles. The molecular formula is C19H26IN5O. The lowest BCUT2D eigenvalue weighted by Gasteiger charge is -2.22. The maximum Gasteiger partial charge on any atom is 0.191 e. The summed E-state index contributed by atoms with van der Waals surface area (Å²) in [5.74, 6) is 0.858. The number of hydrogen-bond acceptors (Lipinski definition) is 3. The number of aromatic nitrogens is 2. The SMILES string of the molecule is CCNC(=NCc1cnn(-c2ccccc2)c1)NC1CC2CCC1O2.I. The lowest BCUT2D eigenvalue weighted by Crippen LogP contribution is -2.47. The molecule has 0 spiro atoms. The van der Waals surface area contributed by atoms with Gasteiger partial charge in [0.15, 0.2) is 5.96 Å². The van der Waals surface area contributed by atoms with Crippen LogP contribution >= 0.6 is 24.0 Å². The van der Waals surface area contributed by atoms with E-state index in [0.717, 1.165) is 36.6 Å². The molecule has 2 N–H and O–H groups in total. The molecule has 26 heavy (non-hydrogen) atoms. The van der Waals surface area contributed by atoms with Gasteiger partial charge in [0.25, 0.3) is 0 Å². The summed E-state index contributed by atoms with van der Waals surface area (Å²) in [6.45, 7) is 3.53. The summed E-state index contributed by atoms with van der Waals surface area (Å²) in [5, 5.41) is 11.3. The van der Waals surface area contributed by atoms with Crippen LogP contribution in [0, 0.1) is 0 Å². The number of ether oxygens (including phenoxy) is 1. The Balaban J connectivity index is 0.00000196. The highest BCUT2D eigenvalue weighted by Gasteiger charge is 2.41. The van der Waals surface area contributed by atoms with Crippen LogP contribution in [0.1, 0.15) is 31.7 Å². The van der Waals surface area contributed by atoms with Crippen LogP contribution in [0.5, 0.6) is 0 Å². The number of nitrogens with one attached hydrogen (secondary N) is 2. The van der Waals surface area contributed by atoms with Crippen LogP contribution in [0.15, 0.2) is 47.7 Å². The zero-order valence-corrected chi connectivity index (χ0v) is 17.3. The van der Waals surface area contributed by atoms with Gasteiger partial charge in [0.1, 0.15) is 0 Å². The highest BCUT2D eigenvalue weighted by atomic mass is 127. The Morgan fingerprint density at radius 2 is 2.15 bits per heavy atom. The van der Waals surface area contributed by atoms with Crippen LogP contribution in [0.2, 0.25) is 0 Å². The Morgan fingerprint density at radius 3 is 2.85 bits per heavy atom. The van der Waals surface area contributed by atoms with Gasteiger partial charge in [0.2, 0.25) is 0 Å². The number of halogens is 1. The van der Waals surface area contributed by atoms with E-state index in [4.69, 9.17) is 9.73 Å². The fourth-order valence-electron chi connectivity index (χ4n) is 3.62. The average Bonchev–Trinajstić information content (AvgIpc) is 3.37. The second-order valence-electron chi connectivity index (χ2n) is 6.68. The van der Waals surface area contributed by atoms with E-state index >= 15 is 0 Å². The molecule has 2 aliphatic heterocycles. The molecule has 0 amide bonds. The number of aliphatic imine (C=N–C) groups is 1. The van der Waals surface area contributed by atoms with Crippen LogP contribution in [0.25, 0.3) is 5.69 Å². The Kier molecular flexibility index (Phi) is 6.53. The summed E-state index contributed by atoms with van der Waals surface area (Å²) < 4.78 is 7.80. The summed E-state index contributed by atoms with van der Waals surface area (Å²) in [4.78, 5) is 4.72. The van der Waals surface area contributed by atoms with Crippen LogP contribution < -0.4 is 10.6 Å². The number of benzene rings is 1. The molecule has 6 nitrogen and oxygen atoms in total. The molecule has 0 radical (unpaired) electrons. The van der Waals surface area contributed by atoms with E-state index in [-0.39, 0.29) is 24.0 Å². The first-order valence-corrected chi connectivity index (χ1v) is 9.11. The van der Waals surface area contributed by atoms with Crippen molar-refractivity contribution in [1.82, 2.24) is 20.4 Å². The quantitative estimate of drug-likeness (QED) is 0.404. The van der Waals surface area contributed by atoms with Crippen molar-refractivity contribution >= 4 is 29.9 Å². The Bertz CT molecular complexity index is 733. The molecular weight excluding hydrogens is 441 g/mol. The van der Waals surface area contributed by atoms with E-state index in [1.165, 1.54) is 6.42 Å². The van der Waals surface area contributed by atoms with Gasteiger partial charge in [0.05, 0.1) is 36.7 Å². The minimum Gasteiger partial charge on any atom is -0.373 e. The third-order valence-corrected chi connectivity index (χ3v) is 4.85. The number of hydrogen-bond donors (Lipinski definition) is 2. The Hall–Kier alpha value is -1.61. The third kappa shape index (κ3) is 4.37. The van der Waals surface area contributed by atoms with Crippen molar-refractivity contribution in [2.24, 2.45) is 4.99 Å². The van der Waals surface area contributed by atoms with Crippen molar-refractivity contribution in [2.45, 2.75) is 51.0 Å². The van der Waals surface area contributed by atoms with Crippen LogP contribution in [-0.2, 0) is 11.3 Å². The Labute approximate surface area is 171 Å². The second-order valence-corrected chi connectivity index (χ2v) is 6.68. The number of nitrogens with zero attached hydrogens (tertiary/aromatic N) is 3. The number of fused-ring (bicyclic) bond motifs is 2. The molecule has 1 aromatic heterocycles. The molecule has 4 rings (SSSR count). The summed E-state index contributed by atoms with van der Waals surface area (Å²) in [6.07, 6.45) is 8.13. The third-order valence-electron chi connectivity index (χ3n) is 4.85. The van der Waals surface area contributed by atoms with Gasteiger partial charge in [-0.25, -0.2) is 9.67 Å². The maximum atomic E-state index is 5.92. The monoisotopic (exact) mass is 467 g/mol. The fraction of sp³-hybridized carbons (Fsp3) is 0.474. The summed E-state index contributed by atoms with van der Waals surface area (Å²) in [5.41, 5.74) is 2.15. The molecule has 2 aromatic rings. The first-order chi connectivity index (χ1) is 12.3. The molecule has 3 atom stereocenters. The fourth-order valence-corrected chi connectivity index (χ4v) is 3.62. The van der Waals surface area contributed by atoms with Crippen molar-refractivity contribution in [1.29, 1.82) is 0 Å². The predicted molar refractivity (Wildman–Crippen MR) is 113 cm³/mol. The molecule has 2 aliphatic rings. The van der Waals surface area contributed by atoms with Gasteiger partial charge in [-0.1, -0.05) is 18.2 Å². The molecule has 7 heteroatoms. The first kappa shape index (κ1) is 19.2. The van der Waals surface area contributed by atoms with Gasteiger partial charge < -0.3 is 15.4 Å². The largest absolute Gasteiger partial charge is 0.373 e. The smallest absolute Gasteiger partial charge is 0.191 e. The molecule has 0 saturated carbocycles. The second kappa shape index (κ2) is 8.85. The van der Waals surface area contributed by atoms with Crippen molar-refractivity contribution in [2.75, 3.05) is 6.54 Å². The lowest BCUT2D eigenvalue weighted by atomic mass is 9.96. The van der Waals surface area contributed by atoms with Crippen molar-refractivity contribution in [3.8, 4) is 5.69 Å². The van der Waals surface area contributed by atoms with E-state index < -0.39 is 0 Å². The zero-order chi connectivity index (χ0) is 17.1. The first-order valence-electron chi connectivity index (χ1n) is 9.11. The standard InChI is InChI=1S/C19H25N5O.HI/c1-2-20-19(23-17-10-16-8-9-18(17)25-16)21-11-14-12-22-24(13-14)15-6-4-3-5-7-15;/h3-7,12-13,16-18H,2,8-11H2,1H3,(H2,20,21,23);1H. The minimum atomic E-state index is 0. The van der Waals surface area contributed by atoms with Gasteiger partial charge in [-0.2, -0.15) is 5.10 Å². The van der Waals surface area contributed by atoms with E-state index in [9.17, 15) is 0 Å². The summed E-state index contributed by atoms with van der Waals surface area (Å²) >= 11 is 0. The van der Waals surface area contributed by atoms with Crippen LogP contribution in [0.4, 0.5) is 0 Å². The topological polar surface area (TPSA) is 63.5 Å². The van der Waals surface area contributed by atoms with Crippen molar-refractivity contribution < 1.29 is 4.74 Å². The molecule has 140 valence electrons. The van der Waals surface area contributed by atoms with Gasteiger partial charge in [0, 0.05) is 18.3 Å². The molecule has 2 saturated heterocycles. The van der Waals surface area contributed by atoms with E-state index in [0.29, 0.717) is 24.8 Å². The predicted octanol–water partition coefficient (Wildman–Crippen LogP) is 2.87. The van der Waals surface area contributed by atoms with Crippen LogP contribution in [-0.4, -0.2) is 40.5 Å². The van der Waals surface area contributed by atoms with Crippen LogP contribution in [0.3, 0.4) is 0 Å². The molecule has 3 unspecified atom stereocenters. The number of guanidine groups is 1. The number of rotatable bonds is 5. The normalized spacial score (nSPS) is 24.3. The zero-order valence-electron chi connectivity index (χ0n) is 15.0. The van der Waals surface area contributed by atoms with E-state index in [2.05, 4.69) is 22.7 Å². The van der Waals surface area contributed by atoms with Crippen molar-refractivity contribution in [3.63, 3.8) is 0 Å². The van der Waals surface area contributed by atoms with Gasteiger partial charge >= 0.3 is 0 Å². The molecule has 3 heterocycles. The maximum absolute atomic E-state index is 5.92. The van der Waals surface area contributed by atoms with Crippen molar-refractivity contribution in [3.05, 3.63) is 48.3 Å². The molecule has 2 fully saturated rings. The minimum absolute atomic E-state index is 0. The van der Waals surface area contributed by atoms with E-state index in [1.54, 1.807) is 0 Å². The highest BCUT2D eigenvalue weighted by molar-refractivity contribution is 14.0. The molecule has 2 bridgehead atoms. The van der Waals surface area contributed by atoms with Gasteiger partial charge in [-0.05, 0) is 38.3 Å².